The molecule has 1 unspecified atom stereocenters. The summed E-state index contributed by atoms with van der Waals surface area (Å²) < 4.78 is 11.6. The SMILES string of the molecule is OCCCC1CCCCC12OCCO2. The molecule has 1 saturated heterocycles. The van der Waals surface area contributed by atoms with E-state index >= 15 is 0 Å². The fraction of sp³-hybridized carbons (Fsp3) is 1.00. The summed E-state index contributed by atoms with van der Waals surface area (Å²) in [7, 11) is 0. The van der Waals surface area contributed by atoms with Crippen molar-refractivity contribution in [3.8, 4) is 0 Å². The molecule has 0 amide bonds. The molecule has 1 heterocycles. The van der Waals surface area contributed by atoms with Gasteiger partial charge in [-0.2, -0.15) is 0 Å². The van der Waals surface area contributed by atoms with Crippen LogP contribution in [0, 0.1) is 5.92 Å². The second-order valence-electron chi connectivity index (χ2n) is 4.32. The van der Waals surface area contributed by atoms with E-state index < -0.39 is 0 Å². The van der Waals surface area contributed by atoms with Gasteiger partial charge < -0.3 is 14.6 Å². The molecule has 1 saturated carbocycles. The normalized spacial score (nSPS) is 31.1. The molecule has 1 spiro atoms. The Morgan fingerprint density at radius 2 is 2.00 bits per heavy atom. The van der Waals surface area contributed by atoms with Gasteiger partial charge in [0.1, 0.15) is 0 Å². The number of hydrogen-bond donors (Lipinski definition) is 1. The second kappa shape index (κ2) is 4.60. The maximum Gasteiger partial charge on any atom is 0.171 e. The van der Waals surface area contributed by atoms with Crippen LogP contribution < -0.4 is 0 Å². The van der Waals surface area contributed by atoms with Crippen LogP contribution in [0.5, 0.6) is 0 Å². The van der Waals surface area contributed by atoms with Crippen molar-refractivity contribution >= 4 is 0 Å². The van der Waals surface area contributed by atoms with Gasteiger partial charge in [-0.3, -0.25) is 0 Å². The third-order valence-electron chi connectivity index (χ3n) is 3.44. The quantitative estimate of drug-likeness (QED) is 0.753. The van der Waals surface area contributed by atoms with Gasteiger partial charge >= 0.3 is 0 Å². The molecule has 0 aromatic rings. The molecule has 1 N–H and O–H groups in total. The molecule has 2 fully saturated rings. The van der Waals surface area contributed by atoms with Crippen molar-refractivity contribution in [1.82, 2.24) is 0 Å². The van der Waals surface area contributed by atoms with Crippen molar-refractivity contribution in [3.05, 3.63) is 0 Å². The predicted octanol–water partition coefficient (Wildman–Crippen LogP) is 1.69. The lowest BCUT2D eigenvalue weighted by Crippen LogP contribution is -2.41. The Hall–Kier alpha value is -0.120. The van der Waals surface area contributed by atoms with E-state index in [1.54, 1.807) is 0 Å². The highest BCUT2D eigenvalue weighted by molar-refractivity contribution is 4.86. The Bertz CT molecular complexity index is 175. The standard InChI is InChI=1S/C11H20O3/c12-7-3-5-10-4-1-2-6-11(10)13-8-9-14-11/h10,12H,1-9H2. The van der Waals surface area contributed by atoms with E-state index in [0.29, 0.717) is 5.92 Å². The summed E-state index contributed by atoms with van der Waals surface area (Å²) in [6.07, 6.45) is 6.65. The molecule has 1 aliphatic carbocycles. The van der Waals surface area contributed by atoms with Crippen LogP contribution in [0.3, 0.4) is 0 Å². The van der Waals surface area contributed by atoms with E-state index in [2.05, 4.69) is 0 Å². The fourth-order valence-electron chi connectivity index (χ4n) is 2.74. The number of aliphatic hydroxyl groups is 1. The molecule has 14 heavy (non-hydrogen) atoms. The minimum Gasteiger partial charge on any atom is -0.396 e. The summed E-state index contributed by atoms with van der Waals surface area (Å²) in [5.41, 5.74) is 0. The maximum absolute atomic E-state index is 8.85. The van der Waals surface area contributed by atoms with E-state index in [9.17, 15) is 0 Å². The van der Waals surface area contributed by atoms with Crippen molar-refractivity contribution < 1.29 is 14.6 Å². The van der Waals surface area contributed by atoms with E-state index in [4.69, 9.17) is 14.6 Å². The molecular formula is C11H20O3. The largest absolute Gasteiger partial charge is 0.396 e. The van der Waals surface area contributed by atoms with Crippen molar-refractivity contribution in [2.75, 3.05) is 19.8 Å². The first kappa shape index (κ1) is 10.4. The Labute approximate surface area is 85.4 Å². The molecular weight excluding hydrogens is 180 g/mol. The average molecular weight is 200 g/mol. The van der Waals surface area contributed by atoms with Crippen LogP contribution >= 0.6 is 0 Å². The molecule has 0 aromatic carbocycles. The van der Waals surface area contributed by atoms with Crippen LogP contribution in [0.15, 0.2) is 0 Å². The van der Waals surface area contributed by atoms with E-state index in [1.165, 1.54) is 19.3 Å². The summed E-state index contributed by atoms with van der Waals surface area (Å²) in [6, 6.07) is 0. The third-order valence-corrected chi connectivity index (χ3v) is 3.44. The van der Waals surface area contributed by atoms with Gasteiger partial charge in [0.15, 0.2) is 5.79 Å². The minimum absolute atomic E-state index is 0.270. The van der Waals surface area contributed by atoms with E-state index in [-0.39, 0.29) is 12.4 Å². The van der Waals surface area contributed by atoms with Gasteiger partial charge in [0, 0.05) is 18.9 Å². The first-order valence-electron chi connectivity index (χ1n) is 5.76. The highest BCUT2D eigenvalue weighted by Gasteiger charge is 2.45. The molecule has 3 nitrogen and oxygen atoms in total. The van der Waals surface area contributed by atoms with E-state index in [1.807, 2.05) is 0 Å². The lowest BCUT2D eigenvalue weighted by Gasteiger charge is -2.39. The lowest BCUT2D eigenvalue weighted by molar-refractivity contribution is -0.214. The first-order valence-corrected chi connectivity index (χ1v) is 5.76. The Kier molecular flexibility index (Phi) is 3.42. The van der Waals surface area contributed by atoms with Gasteiger partial charge in [-0.25, -0.2) is 0 Å². The summed E-state index contributed by atoms with van der Waals surface area (Å²) in [4.78, 5) is 0. The van der Waals surface area contributed by atoms with E-state index in [0.717, 1.165) is 32.5 Å². The summed E-state index contributed by atoms with van der Waals surface area (Å²) >= 11 is 0. The topological polar surface area (TPSA) is 38.7 Å². The third kappa shape index (κ3) is 1.95. The second-order valence-corrected chi connectivity index (χ2v) is 4.32. The zero-order valence-electron chi connectivity index (χ0n) is 8.71. The zero-order chi connectivity index (χ0) is 9.86. The Morgan fingerprint density at radius 3 is 2.71 bits per heavy atom. The zero-order valence-corrected chi connectivity index (χ0v) is 8.71. The molecule has 2 rings (SSSR count). The van der Waals surface area contributed by atoms with Crippen LogP contribution in [0.4, 0.5) is 0 Å². The summed E-state index contributed by atoms with van der Waals surface area (Å²) in [5.74, 6) is 0.235. The summed E-state index contributed by atoms with van der Waals surface area (Å²) in [6.45, 7) is 1.78. The smallest absolute Gasteiger partial charge is 0.171 e. The molecule has 3 heteroatoms. The monoisotopic (exact) mass is 200 g/mol. The van der Waals surface area contributed by atoms with Crippen LogP contribution in [0.25, 0.3) is 0 Å². The van der Waals surface area contributed by atoms with Crippen LogP contribution in [-0.2, 0) is 9.47 Å². The van der Waals surface area contributed by atoms with Gasteiger partial charge in [-0.05, 0) is 25.7 Å². The van der Waals surface area contributed by atoms with Gasteiger partial charge in [-0.1, -0.05) is 6.42 Å². The Morgan fingerprint density at radius 1 is 1.21 bits per heavy atom. The van der Waals surface area contributed by atoms with Crippen LogP contribution in [0.2, 0.25) is 0 Å². The van der Waals surface area contributed by atoms with Gasteiger partial charge in [-0.15, -0.1) is 0 Å². The molecule has 0 radical (unpaired) electrons. The number of hydrogen-bond acceptors (Lipinski definition) is 3. The van der Waals surface area contributed by atoms with Gasteiger partial charge in [0.2, 0.25) is 0 Å². The lowest BCUT2D eigenvalue weighted by atomic mass is 9.80. The molecule has 2 aliphatic rings. The van der Waals surface area contributed by atoms with Crippen molar-refractivity contribution in [1.29, 1.82) is 0 Å². The van der Waals surface area contributed by atoms with Gasteiger partial charge in [0.25, 0.3) is 0 Å². The highest BCUT2D eigenvalue weighted by Crippen LogP contribution is 2.42. The first-order chi connectivity index (χ1) is 6.87. The van der Waals surface area contributed by atoms with Crippen molar-refractivity contribution in [3.63, 3.8) is 0 Å². The molecule has 1 atom stereocenters. The molecule has 0 aromatic heterocycles. The van der Waals surface area contributed by atoms with Gasteiger partial charge in [0.05, 0.1) is 13.2 Å². The predicted molar refractivity (Wildman–Crippen MR) is 52.9 cm³/mol. The highest BCUT2D eigenvalue weighted by atomic mass is 16.7. The Balaban J connectivity index is 1.95. The molecule has 82 valence electrons. The molecule has 0 bridgehead atoms. The number of ether oxygens (including phenoxy) is 2. The van der Waals surface area contributed by atoms with Crippen molar-refractivity contribution in [2.24, 2.45) is 5.92 Å². The number of aliphatic hydroxyl groups excluding tert-OH is 1. The van der Waals surface area contributed by atoms with Crippen molar-refractivity contribution in [2.45, 2.75) is 44.3 Å². The van der Waals surface area contributed by atoms with Crippen LogP contribution in [0.1, 0.15) is 38.5 Å². The maximum atomic E-state index is 8.85. The number of rotatable bonds is 3. The minimum atomic E-state index is -0.270. The molecule has 1 aliphatic heterocycles. The fourth-order valence-corrected chi connectivity index (χ4v) is 2.74. The van der Waals surface area contributed by atoms with Crippen LogP contribution in [-0.4, -0.2) is 30.7 Å². The average Bonchev–Trinajstić information content (AvgIpc) is 2.66. The summed E-state index contributed by atoms with van der Waals surface area (Å²) in [5, 5.41) is 8.85.